The lowest BCUT2D eigenvalue weighted by molar-refractivity contribution is 0.0689. The fourth-order valence-electron chi connectivity index (χ4n) is 2.26. The molecule has 0 saturated heterocycles. The molecule has 98 valence electrons. The SMILES string of the molecule is Cn1nc(C(=O)O)cc1-c1ccc2c(c1F)CCO2. The number of halogens is 1. The molecule has 0 saturated carbocycles. The molecule has 0 unspecified atom stereocenters. The van der Waals surface area contributed by atoms with E-state index >= 15 is 0 Å². The van der Waals surface area contributed by atoms with E-state index in [-0.39, 0.29) is 11.5 Å². The Morgan fingerprint density at radius 3 is 3.00 bits per heavy atom. The van der Waals surface area contributed by atoms with Gasteiger partial charge in [0.2, 0.25) is 0 Å². The number of fused-ring (bicyclic) bond motifs is 1. The van der Waals surface area contributed by atoms with Crippen LogP contribution in [0.1, 0.15) is 16.1 Å². The topological polar surface area (TPSA) is 64.4 Å². The Labute approximate surface area is 108 Å². The smallest absolute Gasteiger partial charge is 0.356 e. The molecule has 5 nitrogen and oxygen atoms in total. The van der Waals surface area contributed by atoms with E-state index < -0.39 is 5.97 Å². The predicted molar refractivity (Wildman–Crippen MR) is 64.8 cm³/mol. The molecule has 1 aliphatic rings. The van der Waals surface area contributed by atoms with Gasteiger partial charge in [-0.1, -0.05) is 0 Å². The number of carbonyl (C=O) groups is 1. The van der Waals surface area contributed by atoms with Crippen LogP contribution in [0.4, 0.5) is 4.39 Å². The lowest BCUT2D eigenvalue weighted by Crippen LogP contribution is -2.00. The van der Waals surface area contributed by atoms with Crippen LogP contribution in [-0.4, -0.2) is 27.5 Å². The quantitative estimate of drug-likeness (QED) is 0.897. The van der Waals surface area contributed by atoms with Crippen molar-refractivity contribution >= 4 is 5.97 Å². The summed E-state index contributed by atoms with van der Waals surface area (Å²) < 4.78 is 21.0. The van der Waals surface area contributed by atoms with Gasteiger partial charge in [0.1, 0.15) is 11.6 Å². The van der Waals surface area contributed by atoms with Crippen molar-refractivity contribution in [2.75, 3.05) is 6.61 Å². The molecule has 19 heavy (non-hydrogen) atoms. The highest BCUT2D eigenvalue weighted by molar-refractivity contribution is 5.87. The summed E-state index contributed by atoms with van der Waals surface area (Å²) in [6, 6.07) is 4.65. The molecule has 0 aliphatic carbocycles. The van der Waals surface area contributed by atoms with Gasteiger partial charge in [-0.25, -0.2) is 9.18 Å². The van der Waals surface area contributed by atoms with Crippen molar-refractivity contribution in [3.05, 3.63) is 35.3 Å². The normalized spacial score (nSPS) is 13.2. The predicted octanol–water partition coefficient (Wildman–Crippen LogP) is 1.86. The molecule has 2 heterocycles. The van der Waals surface area contributed by atoms with Gasteiger partial charge in [0.15, 0.2) is 5.69 Å². The van der Waals surface area contributed by atoms with Crippen molar-refractivity contribution in [1.82, 2.24) is 9.78 Å². The summed E-state index contributed by atoms with van der Waals surface area (Å²) in [6.07, 6.45) is 0.526. The average molecular weight is 262 g/mol. The van der Waals surface area contributed by atoms with E-state index in [0.29, 0.717) is 35.6 Å². The van der Waals surface area contributed by atoms with Crippen LogP contribution in [0.5, 0.6) is 5.75 Å². The number of aromatic nitrogens is 2. The van der Waals surface area contributed by atoms with Crippen LogP contribution >= 0.6 is 0 Å². The summed E-state index contributed by atoms with van der Waals surface area (Å²) in [5, 5.41) is 12.7. The van der Waals surface area contributed by atoms with Gasteiger partial charge in [-0.2, -0.15) is 5.10 Å². The molecule has 1 N–H and O–H groups in total. The Kier molecular flexibility index (Phi) is 2.51. The van der Waals surface area contributed by atoms with Crippen LogP contribution < -0.4 is 4.74 Å². The highest BCUT2D eigenvalue weighted by Crippen LogP contribution is 2.34. The monoisotopic (exact) mass is 262 g/mol. The second-order valence-electron chi connectivity index (χ2n) is 4.35. The summed E-state index contributed by atoms with van der Waals surface area (Å²) in [5.41, 5.74) is 1.21. The van der Waals surface area contributed by atoms with Crippen molar-refractivity contribution < 1.29 is 19.0 Å². The highest BCUT2D eigenvalue weighted by atomic mass is 19.1. The molecule has 3 rings (SSSR count). The summed E-state index contributed by atoms with van der Waals surface area (Å²) in [6.45, 7) is 0.474. The Hall–Kier alpha value is -2.37. The van der Waals surface area contributed by atoms with Gasteiger partial charge in [0, 0.05) is 24.6 Å². The molecule has 0 bridgehead atoms. The highest BCUT2D eigenvalue weighted by Gasteiger charge is 2.22. The minimum Gasteiger partial charge on any atom is -0.493 e. The van der Waals surface area contributed by atoms with E-state index in [2.05, 4.69) is 5.10 Å². The molecule has 0 amide bonds. The van der Waals surface area contributed by atoms with Crippen LogP contribution in [0.25, 0.3) is 11.3 Å². The number of aryl methyl sites for hydroxylation is 1. The standard InChI is InChI=1S/C13H11FN2O3/c1-16-10(6-9(15-16)13(17)18)7-2-3-11-8(12(7)14)4-5-19-11/h2-3,6H,4-5H2,1H3,(H,17,18). The van der Waals surface area contributed by atoms with E-state index in [9.17, 15) is 9.18 Å². The third kappa shape index (κ3) is 1.76. The van der Waals surface area contributed by atoms with E-state index in [1.807, 2.05) is 0 Å². The Balaban J connectivity index is 2.15. The van der Waals surface area contributed by atoms with Crippen molar-refractivity contribution in [2.45, 2.75) is 6.42 Å². The van der Waals surface area contributed by atoms with Gasteiger partial charge in [0.25, 0.3) is 0 Å². The lowest BCUT2D eigenvalue weighted by atomic mass is 10.0. The van der Waals surface area contributed by atoms with Crippen molar-refractivity contribution in [3.63, 3.8) is 0 Å². The van der Waals surface area contributed by atoms with Gasteiger partial charge < -0.3 is 9.84 Å². The van der Waals surface area contributed by atoms with Crippen LogP contribution in [-0.2, 0) is 13.5 Å². The average Bonchev–Trinajstić information content (AvgIpc) is 2.97. The number of carboxylic acid groups (broad SMARTS) is 1. The number of carboxylic acids is 1. The first-order valence-corrected chi connectivity index (χ1v) is 5.80. The Bertz CT molecular complexity index is 679. The molecule has 0 fully saturated rings. The maximum absolute atomic E-state index is 14.4. The summed E-state index contributed by atoms with van der Waals surface area (Å²) >= 11 is 0. The fraction of sp³-hybridized carbons (Fsp3) is 0.231. The van der Waals surface area contributed by atoms with Gasteiger partial charge >= 0.3 is 5.97 Å². The lowest BCUT2D eigenvalue weighted by Gasteiger charge is -2.07. The third-order valence-electron chi connectivity index (χ3n) is 3.18. The number of hydrogen-bond acceptors (Lipinski definition) is 3. The Morgan fingerprint density at radius 1 is 1.53 bits per heavy atom. The van der Waals surface area contributed by atoms with E-state index in [0.717, 1.165) is 0 Å². The van der Waals surface area contributed by atoms with E-state index in [1.54, 1.807) is 19.2 Å². The minimum atomic E-state index is -1.13. The molecular formula is C13H11FN2O3. The zero-order valence-corrected chi connectivity index (χ0v) is 10.2. The molecule has 2 aromatic rings. The van der Waals surface area contributed by atoms with Crippen molar-refractivity contribution in [3.8, 4) is 17.0 Å². The van der Waals surface area contributed by atoms with E-state index in [4.69, 9.17) is 9.84 Å². The first-order chi connectivity index (χ1) is 9.08. The maximum Gasteiger partial charge on any atom is 0.356 e. The molecular weight excluding hydrogens is 251 g/mol. The van der Waals surface area contributed by atoms with Crippen LogP contribution in [0.15, 0.2) is 18.2 Å². The number of aromatic carboxylic acids is 1. The largest absolute Gasteiger partial charge is 0.493 e. The maximum atomic E-state index is 14.4. The van der Waals surface area contributed by atoms with Gasteiger partial charge in [-0.15, -0.1) is 0 Å². The molecule has 6 heteroatoms. The number of hydrogen-bond donors (Lipinski definition) is 1. The fourth-order valence-corrected chi connectivity index (χ4v) is 2.26. The van der Waals surface area contributed by atoms with Crippen LogP contribution in [0.2, 0.25) is 0 Å². The summed E-state index contributed by atoms with van der Waals surface area (Å²) in [4.78, 5) is 10.9. The van der Waals surface area contributed by atoms with Crippen molar-refractivity contribution in [2.24, 2.45) is 7.05 Å². The molecule has 0 atom stereocenters. The van der Waals surface area contributed by atoms with Crippen LogP contribution in [0.3, 0.4) is 0 Å². The first kappa shape index (κ1) is 11.7. The number of benzene rings is 1. The van der Waals surface area contributed by atoms with Crippen molar-refractivity contribution in [1.29, 1.82) is 0 Å². The molecule has 0 radical (unpaired) electrons. The van der Waals surface area contributed by atoms with Gasteiger partial charge in [-0.3, -0.25) is 4.68 Å². The third-order valence-corrected chi connectivity index (χ3v) is 3.18. The summed E-state index contributed by atoms with van der Waals surface area (Å²) in [5.74, 6) is -0.941. The first-order valence-electron chi connectivity index (χ1n) is 5.80. The molecule has 1 aromatic heterocycles. The summed E-state index contributed by atoms with van der Waals surface area (Å²) in [7, 11) is 1.59. The second-order valence-corrected chi connectivity index (χ2v) is 4.35. The van der Waals surface area contributed by atoms with Crippen LogP contribution in [0, 0.1) is 5.82 Å². The zero-order valence-electron chi connectivity index (χ0n) is 10.2. The van der Waals surface area contributed by atoms with Gasteiger partial charge in [0.05, 0.1) is 12.3 Å². The molecule has 1 aliphatic heterocycles. The number of ether oxygens (including phenoxy) is 1. The van der Waals surface area contributed by atoms with Gasteiger partial charge in [-0.05, 0) is 18.2 Å². The number of rotatable bonds is 2. The number of nitrogens with zero attached hydrogens (tertiary/aromatic N) is 2. The zero-order chi connectivity index (χ0) is 13.6. The van der Waals surface area contributed by atoms with E-state index in [1.165, 1.54) is 10.7 Å². The minimum absolute atomic E-state index is 0.103. The molecule has 1 aromatic carbocycles. The Morgan fingerprint density at radius 2 is 2.32 bits per heavy atom. The second kappa shape index (κ2) is 4.08. The molecule has 0 spiro atoms.